The number of aromatic hydroxyl groups is 1. The van der Waals surface area contributed by atoms with Crippen LogP contribution in [0.15, 0.2) is 36.4 Å². The number of phenolic OH excluding ortho intramolecular Hbond substituents is 1. The third-order valence-electron chi connectivity index (χ3n) is 2.63. The molecule has 0 atom stereocenters. The summed E-state index contributed by atoms with van der Waals surface area (Å²) in [6.07, 6.45) is -4.69. The molecule has 1 N–H and O–H groups in total. The van der Waals surface area contributed by atoms with Gasteiger partial charge in [0.1, 0.15) is 5.75 Å². The Balaban J connectivity index is 2.28. The fourth-order valence-electron chi connectivity index (χ4n) is 1.61. The Kier molecular flexibility index (Phi) is 3.89. The normalized spacial score (nSPS) is 11.3. The topological polar surface area (TPSA) is 72.6 Å². The van der Waals surface area contributed by atoms with Crippen molar-refractivity contribution in [1.29, 1.82) is 0 Å². The Morgan fingerprint density at radius 1 is 1.14 bits per heavy atom. The molecule has 0 amide bonds. The van der Waals surface area contributed by atoms with E-state index >= 15 is 0 Å². The molecular weight excluding hydrogens is 310 g/mol. The van der Waals surface area contributed by atoms with Crippen molar-refractivity contribution in [3.63, 3.8) is 0 Å². The van der Waals surface area contributed by atoms with Crippen LogP contribution in [0.25, 0.3) is 0 Å². The second-order valence-electron chi connectivity index (χ2n) is 4.15. The lowest BCUT2D eigenvalue weighted by atomic mass is 10.2. The fraction of sp³-hybridized carbons (Fsp3) is 0.0769. The average molecular weight is 317 g/mol. The molecule has 2 rings (SSSR count). The number of alkyl halides is 3. The second kappa shape index (κ2) is 5.51. The van der Waals surface area contributed by atoms with Gasteiger partial charge in [-0.1, -0.05) is 0 Å². The van der Waals surface area contributed by atoms with E-state index in [2.05, 4.69) is 0 Å². The maximum atomic E-state index is 13.6. The van der Waals surface area contributed by atoms with Crippen molar-refractivity contribution >= 4 is 5.69 Å². The van der Waals surface area contributed by atoms with Gasteiger partial charge in [0.25, 0.3) is 0 Å². The van der Waals surface area contributed by atoms with Crippen molar-refractivity contribution in [2.45, 2.75) is 6.18 Å². The number of nitro benzene ring substituents is 1. The predicted molar refractivity (Wildman–Crippen MR) is 66.2 cm³/mol. The summed E-state index contributed by atoms with van der Waals surface area (Å²) in [6.45, 7) is 0. The molecule has 9 heteroatoms. The number of nitro groups is 1. The van der Waals surface area contributed by atoms with E-state index in [-0.39, 0.29) is 11.8 Å². The van der Waals surface area contributed by atoms with Crippen molar-refractivity contribution in [1.82, 2.24) is 0 Å². The molecule has 0 bridgehead atoms. The van der Waals surface area contributed by atoms with Crippen molar-refractivity contribution in [2.24, 2.45) is 0 Å². The minimum Gasteiger partial charge on any atom is -0.502 e. The van der Waals surface area contributed by atoms with E-state index in [1.807, 2.05) is 0 Å². The van der Waals surface area contributed by atoms with Crippen LogP contribution >= 0.6 is 0 Å². The van der Waals surface area contributed by atoms with Gasteiger partial charge in [-0.2, -0.15) is 13.2 Å². The molecule has 0 aliphatic rings. The van der Waals surface area contributed by atoms with E-state index < -0.39 is 39.7 Å². The van der Waals surface area contributed by atoms with Crippen molar-refractivity contribution in [2.75, 3.05) is 0 Å². The summed E-state index contributed by atoms with van der Waals surface area (Å²) >= 11 is 0. The molecule has 0 fully saturated rings. The van der Waals surface area contributed by atoms with Crippen LogP contribution < -0.4 is 4.74 Å². The molecule has 0 saturated carbocycles. The van der Waals surface area contributed by atoms with E-state index in [0.717, 1.165) is 24.3 Å². The fourth-order valence-corrected chi connectivity index (χ4v) is 1.61. The number of ether oxygens (including phenoxy) is 1. The Morgan fingerprint density at radius 2 is 1.82 bits per heavy atom. The quantitative estimate of drug-likeness (QED) is 0.522. The minimum absolute atomic E-state index is 0.165. The predicted octanol–water partition coefficient (Wildman–Crippen LogP) is 4.25. The highest BCUT2D eigenvalue weighted by molar-refractivity contribution is 5.50. The van der Waals surface area contributed by atoms with Crippen LogP contribution in [0.3, 0.4) is 0 Å². The third-order valence-corrected chi connectivity index (χ3v) is 2.63. The lowest BCUT2D eigenvalue weighted by Gasteiger charge is -2.10. The number of hydrogen-bond donors (Lipinski definition) is 1. The molecular formula is C13H7F4NO4. The highest BCUT2D eigenvalue weighted by Crippen LogP contribution is 2.35. The standard InChI is InChI=1S/C13H7F4NO4/c14-9-5-7(13(15,16)17)1-4-12(9)22-8-2-3-10(18(20)21)11(19)6-8/h1-6,19H. The Labute approximate surface area is 120 Å². The summed E-state index contributed by atoms with van der Waals surface area (Å²) in [5, 5.41) is 19.9. The van der Waals surface area contributed by atoms with Crippen molar-refractivity contribution < 1.29 is 32.3 Å². The van der Waals surface area contributed by atoms with E-state index in [9.17, 15) is 32.8 Å². The first-order valence-corrected chi connectivity index (χ1v) is 5.70. The number of halogens is 4. The highest BCUT2D eigenvalue weighted by atomic mass is 19.4. The molecule has 0 unspecified atom stereocenters. The average Bonchev–Trinajstić information content (AvgIpc) is 2.39. The van der Waals surface area contributed by atoms with Gasteiger partial charge in [0.15, 0.2) is 17.3 Å². The van der Waals surface area contributed by atoms with Gasteiger partial charge in [0.2, 0.25) is 0 Å². The number of benzene rings is 2. The van der Waals surface area contributed by atoms with Crippen LogP contribution in [0.1, 0.15) is 5.56 Å². The van der Waals surface area contributed by atoms with Crippen LogP contribution in [0.4, 0.5) is 23.2 Å². The van der Waals surface area contributed by atoms with Gasteiger partial charge >= 0.3 is 11.9 Å². The van der Waals surface area contributed by atoms with Crippen LogP contribution in [0, 0.1) is 15.9 Å². The molecule has 5 nitrogen and oxygen atoms in total. The number of phenols is 1. The minimum atomic E-state index is -4.69. The zero-order valence-electron chi connectivity index (χ0n) is 10.6. The molecule has 0 radical (unpaired) electrons. The van der Waals surface area contributed by atoms with Crippen LogP contribution in [-0.2, 0) is 6.18 Å². The molecule has 22 heavy (non-hydrogen) atoms. The van der Waals surface area contributed by atoms with E-state index in [4.69, 9.17) is 4.74 Å². The summed E-state index contributed by atoms with van der Waals surface area (Å²) in [6, 6.07) is 4.53. The van der Waals surface area contributed by atoms with Crippen LogP contribution in [0.5, 0.6) is 17.2 Å². The van der Waals surface area contributed by atoms with Crippen LogP contribution in [-0.4, -0.2) is 10.0 Å². The number of nitrogens with zero attached hydrogens (tertiary/aromatic N) is 1. The molecule has 0 aliphatic carbocycles. The van der Waals surface area contributed by atoms with E-state index in [0.29, 0.717) is 6.07 Å². The van der Waals surface area contributed by atoms with Gasteiger partial charge in [-0.3, -0.25) is 10.1 Å². The van der Waals surface area contributed by atoms with Gasteiger partial charge < -0.3 is 9.84 Å². The lowest BCUT2D eigenvalue weighted by Crippen LogP contribution is -2.05. The second-order valence-corrected chi connectivity index (χ2v) is 4.15. The Hall–Kier alpha value is -2.84. The number of rotatable bonds is 3. The molecule has 2 aromatic rings. The molecule has 0 aliphatic heterocycles. The van der Waals surface area contributed by atoms with Gasteiger partial charge in [-0.05, 0) is 24.3 Å². The molecule has 0 saturated heterocycles. The maximum absolute atomic E-state index is 13.6. The molecule has 2 aromatic carbocycles. The molecule has 0 spiro atoms. The number of hydrogen-bond acceptors (Lipinski definition) is 4. The van der Waals surface area contributed by atoms with Gasteiger partial charge in [0.05, 0.1) is 10.5 Å². The summed E-state index contributed by atoms with van der Waals surface area (Å²) in [5.74, 6) is -2.65. The molecule has 116 valence electrons. The summed E-state index contributed by atoms with van der Waals surface area (Å²) in [7, 11) is 0. The van der Waals surface area contributed by atoms with Gasteiger partial charge in [-0.15, -0.1) is 0 Å². The largest absolute Gasteiger partial charge is 0.502 e. The van der Waals surface area contributed by atoms with E-state index in [1.54, 1.807) is 0 Å². The third kappa shape index (κ3) is 3.25. The lowest BCUT2D eigenvalue weighted by molar-refractivity contribution is -0.385. The van der Waals surface area contributed by atoms with Crippen molar-refractivity contribution in [3.8, 4) is 17.2 Å². The van der Waals surface area contributed by atoms with Crippen LogP contribution in [0.2, 0.25) is 0 Å². The first-order chi connectivity index (χ1) is 10.2. The molecule has 0 aromatic heterocycles. The summed E-state index contributed by atoms with van der Waals surface area (Å²) < 4.78 is 55.7. The monoisotopic (exact) mass is 317 g/mol. The van der Waals surface area contributed by atoms with Gasteiger partial charge in [0, 0.05) is 12.1 Å². The first kappa shape index (κ1) is 15.5. The summed E-state index contributed by atoms with van der Waals surface area (Å²) in [4.78, 5) is 9.68. The Bertz CT molecular complexity index is 730. The zero-order chi connectivity index (χ0) is 16.5. The Morgan fingerprint density at radius 3 is 2.32 bits per heavy atom. The molecule has 0 heterocycles. The highest BCUT2D eigenvalue weighted by Gasteiger charge is 2.31. The summed E-state index contributed by atoms with van der Waals surface area (Å²) in [5.41, 5.74) is -1.76. The van der Waals surface area contributed by atoms with Crippen molar-refractivity contribution in [3.05, 3.63) is 57.9 Å². The smallest absolute Gasteiger partial charge is 0.416 e. The van der Waals surface area contributed by atoms with Gasteiger partial charge in [-0.25, -0.2) is 4.39 Å². The van der Waals surface area contributed by atoms with E-state index in [1.165, 1.54) is 0 Å². The first-order valence-electron chi connectivity index (χ1n) is 5.70. The SMILES string of the molecule is O=[N+]([O-])c1ccc(Oc2ccc(C(F)(F)F)cc2F)cc1O. The zero-order valence-corrected chi connectivity index (χ0v) is 10.6. The maximum Gasteiger partial charge on any atom is 0.416 e.